The van der Waals surface area contributed by atoms with Crippen LogP contribution in [0.5, 0.6) is 0 Å². The molecule has 0 fully saturated rings. The largest absolute Gasteiger partial charge is 0.480 e. The van der Waals surface area contributed by atoms with Gasteiger partial charge >= 0.3 is 18.2 Å². The number of fused-ring (bicyclic) bond motifs is 3. The summed E-state index contributed by atoms with van der Waals surface area (Å²) in [6.45, 7) is -0.0150. The maximum Gasteiger partial charge on any atom is 0.416 e. The van der Waals surface area contributed by atoms with Gasteiger partial charge in [0, 0.05) is 24.4 Å². The van der Waals surface area contributed by atoms with E-state index in [0.717, 1.165) is 39.3 Å². The summed E-state index contributed by atoms with van der Waals surface area (Å²) in [6.07, 6.45) is -5.91. The van der Waals surface area contributed by atoms with Gasteiger partial charge in [-0.3, -0.25) is 4.90 Å². The van der Waals surface area contributed by atoms with Crippen molar-refractivity contribution in [2.45, 2.75) is 24.6 Å². The Kier molecular flexibility index (Phi) is 6.76. The van der Waals surface area contributed by atoms with Gasteiger partial charge in [-0.1, -0.05) is 60.1 Å². The Labute approximate surface area is 204 Å². The Morgan fingerprint density at radius 3 is 2.14 bits per heavy atom. The average molecular weight is 504 g/mol. The summed E-state index contributed by atoms with van der Waals surface area (Å²) in [5.41, 5.74) is 3.13. The Morgan fingerprint density at radius 2 is 1.60 bits per heavy atom. The molecule has 0 aromatic heterocycles. The lowest BCUT2D eigenvalue weighted by Crippen LogP contribution is -2.44. The molecule has 0 saturated carbocycles. The minimum atomic E-state index is -4.64. The van der Waals surface area contributed by atoms with Crippen molar-refractivity contribution < 1.29 is 32.6 Å². The molecule has 35 heavy (non-hydrogen) atoms. The van der Waals surface area contributed by atoms with E-state index < -0.39 is 29.8 Å². The number of halogens is 4. The molecule has 4 rings (SSSR count). The van der Waals surface area contributed by atoms with Gasteiger partial charge in [0.15, 0.2) is 0 Å². The second-order valence-electron chi connectivity index (χ2n) is 8.32. The normalized spacial score (nSPS) is 13.6. The molecule has 182 valence electrons. The van der Waals surface area contributed by atoms with Gasteiger partial charge in [-0.15, -0.1) is 0 Å². The predicted molar refractivity (Wildman–Crippen MR) is 124 cm³/mol. The zero-order chi connectivity index (χ0) is 25.3. The summed E-state index contributed by atoms with van der Waals surface area (Å²) < 4.78 is 44.9. The van der Waals surface area contributed by atoms with Gasteiger partial charge in [-0.25, -0.2) is 9.59 Å². The lowest BCUT2D eigenvalue weighted by Gasteiger charge is -2.25. The third-order valence-electron chi connectivity index (χ3n) is 6.09. The number of hydrogen-bond acceptors (Lipinski definition) is 3. The second kappa shape index (κ2) is 9.62. The van der Waals surface area contributed by atoms with Crippen molar-refractivity contribution in [3.05, 3.63) is 94.0 Å². The zero-order valence-corrected chi connectivity index (χ0v) is 19.3. The molecule has 0 heterocycles. The van der Waals surface area contributed by atoms with E-state index in [4.69, 9.17) is 16.3 Å². The Hall–Kier alpha value is -3.52. The molecule has 0 unspecified atom stereocenters. The first-order chi connectivity index (χ1) is 16.6. The molecule has 3 aromatic rings. The van der Waals surface area contributed by atoms with Crippen LogP contribution in [0.3, 0.4) is 0 Å². The number of ether oxygens (including phenoxy) is 1. The molecule has 3 aromatic carbocycles. The molecule has 0 radical (unpaired) electrons. The van der Waals surface area contributed by atoms with Crippen molar-refractivity contribution in [1.82, 2.24) is 4.90 Å². The van der Waals surface area contributed by atoms with E-state index in [0.29, 0.717) is 0 Å². The van der Waals surface area contributed by atoms with Crippen LogP contribution in [-0.4, -0.2) is 41.8 Å². The van der Waals surface area contributed by atoms with Crippen LogP contribution in [0.1, 0.15) is 28.2 Å². The van der Waals surface area contributed by atoms with Gasteiger partial charge in [0.05, 0.1) is 5.56 Å². The molecule has 0 aliphatic heterocycles. The van der Waals surface area contributed by atoms with E-state index >= 15 is 0 Å². The number of aliphatic carboxylic acids is 1. The second-order valence-corrected chi connectivity index (χ2v) is 8.76. The average Bonchev–Trinajstić information content (AvgIpc) is 3.13. The molecule has 1 N–H and O–H groups in total. The number of rotatable bonds is 6. The SMILES string of the molecule is CN(C(=O)OCC1c2ccccc2-c2ccccc21)[C@@H](Cc1cc(Cl)cc(C(F)(F)F)c1)C(=O)O. The highest BCUT2D eigenvalue weighted by molar-refractivity contribution is 6.30. The number of nitrogens with zero attached hydrogens (tertiary/aromatic N) is 1. The van der Waals surface area contributed by atoms with Crippen LogP contribution in [0, 0.1) is 0 Å². The fourth-order valence-electron chi connectivity index (χ4n) is 4.37. The zero-order valence-electron chi connectivity index (χ0n) is 18.6. The standard InChI is InChI=1S/C26H21ClF3NO4/c1-31(23(24(32)33)12-15-10-16(26(28,29)30)13-17(27)11-15)25(34)35-14-22-20-8-4-2-6-18(20)19-7-3-5-9-21(19)22/h2-11,13,22-23H,12,14H2,1H3,(H,32,33)/t23-/m0/s1. The van der Waals surface area contributed by atoms with Crippen LogP contribution in [0.15, 0.2) is 66.7 Å². The summed E-state index contributed by atoms with van der Waals surface area (Å²) in [5, 5.41) is 9.51. The maximum atomic E-state index is 13.1. The molecule has 0 saturated heterocycles. The van der Waals surface area contributed by atoms with Crippen LogP contribution in [0.2, 0.25) is 5.02 Å². The smallest absolute Gasteiger partial charge is 0.416 e. The number of alkyl halides is 3. The quantitative estimate of drug-likeness (QED) is 0.432. The number of hydrogen-bond donors (Lipinski definition) is 1. The topological polar surface area (TPSA) is 66.8 Å². The fourth-order valence-corrected chi connectivity index (χ4v) is 4.63. The summed E-state index contributed by atoms with van der Waals surface area (Å²) >= 11 is 5.81. The highest BCUT2D eigenvalue weighted by Gasteiger charge is 2.34. The van der Waals surface area contributed by atoms with Crippen LogP contribution >= 0.6 is 11.6 Å². The van der Waals surface area contributed by atoms with E-state index in [-0.39, 0.29) is 29.5 Å². The number of carbonyl (C=O) groups is 2. The van der Waals surface area contributed by atoms with Gasteiger partial charge in [0.1, 0.15) is 12.6 Å². The molecule has 1 atom stereocenters. The molecule has 1 amide bonds. The van der Waals surface area contributed by atoms with E-state index in [9.17, 15) is 27.9 Å². The van der Waals surface area contributed by atoms with Crippen molar-refractivity contribution in [3.63, 3.8) is 0 Å². The molecule has 9 heteroatoms. The number of amides is 1. The summed E-state index contributed by atoms with van der Waals surface area (Å²) in [6, 6.07) is 16.9. The summed E-state index contributed by atoms with van der Waals surface area (Å²) in [7, 11) is 1.24. The van der Waals surface area contributed by atoms with Crippen molar-refractivity contribution in [2.24, 2.45) is 0 Å². The first-order valence-corrected chi connectivity index (χ1v) is 11.1. The first-order valence-electron chi connectivity index (χ1n) is 10.7. The maximum absolute atomic E-state index is 13.1. The third kappa shape index (κ3) is 5.12. The Bertz CT molecular complexity index is 1230. The van der Waals surface area contributed by atoms with E-state index in [2.05, 4.69) is 0 Å². The number of carboxylic acids is 1. The molecule has 1 aliphatic carbocycles. The van der Waals surface area contributed by atoms with Crippen LogP contribution < -0.4 is 0 Å². The van der Waals surface area contributed by atoms with E-state index in [1.807, 2.05) is 48.5 Å². The first kappa shape index (κ1) is 24.6. The summed E-state index contributed by atoms with van der Waals surface area (Å²) in [4.78, 5) is 25.6. The van der Waals surface area contributed by atoms with Gasteiger partial charge in [0.25, 0.3) is 0 Å². The monoisotopic (exact) mass is 503 g/mol. The Morgan fingerprint density at radius 1 is 1.03 bits per heavy atom. The Balaban J connectivity index is 1.50. The molecule has 5 nitrogen and oxygen atoms in total. The molecule has 0 spiro atoms. The molecular weight excluding hydrogens is 483 g/mol. The van der Waals surface area contributed by atoms with Crippen molar-refractivity contribution in [1.29, 1.82) is 0 Å². The lowest BCUT2D eigenvalue weighted by atomic mass is 9.98. The van der Waals surface area contributed by atoms with Crippen molar-refractivity contribution in [3.8, 4) is 11.1 Å². The minimum Gasteiger partial charge on any atom is -0.480 e. The van der Waals surface area contributed by atoms with E-state index in [1.54, 1.807) is 0 Å². The molecule has 0 bridgehead atoms. The van der Waals surface area contributed by atoms with Crippen LogP contribution in [-0.2, 0) is 22.1 Å². The minimum absolute atomic E-state index is 0.0150. The number of carbonyl (C=O) groups excluding carboxylic acids is 1. The number of benzene rings is 3. The molecule has 1 aliphatic rings. The van der Waals surface area contributed by atoms with Gasteiger partial charge in [-0.05, 0) is 46.0 Å². The highest BCUT2D eigenvalue weighted by Crippen LogP contribution is 2.44. The van der Waals surface area contributed by atoms with Gasteiger partial charge < -0.3 is 9.84 Å². The highest BCUT2D eigenvalue weighted by atomic mass is 35.5. The van der Waals surface area contributed by atoms with Crippen molar-refractivity contribution in [2.75, 3.05) is 13.7 Å². The summed E-state index contributed by atoms with van der Waals surface area (Å²) in [5.74, 6) is -1.60. The van der Waals surface area contributed by atoms with Crippen molar-refractivity contribution >= 4 is 23.7 Å². The fraction of sp³-hybridized carbons (Fsp3) is 0.231. The van der Waals surface area contributed by atoms with Gasteiger partial charge in [0.2, 0.25) is 0 Å². The molecular formula is C26H21ClF3NO4. The van der Waals surface area contributed by atoms with E-state index in [1.165, 1.54) is 13.1 Å². The number of carboxylic acid groups (broad SMARTS) is 1. The van der Waals surface area contributed by atoms with Gasteiger partial charge in [-0.2, -0.15) is 13.2 Å². The number of likely N-dealkylation sites (N-methyl/N-ethyl adjacent to an activating group) is 1. The lowest BCUT2D eigenvalue weighted by molar-refractivity contribution is -0.142. The predicted octanol–water partition coefficient (Wildman–Crippen LogP) is 6.24. The third-order valence-corrected chi connectivity index (χ3v) is 6.31. The van der Waals surface area contributed by atoms with Crippen LogP contribution in [0.25, 0.3) is 11.1 Å². The van der Waals surface area contributed by atoms with Crippen LogP contribution in [0.4, 0.5) is 18.0 Å².